The molecule has 0 bridgehead atoms. The summed E-state index contributed by atoms with van der Waals surface area (Å²) in [5.41, 5.74) is 0.847. The van der Waals surface area contributed by atoms with Gasteiger partial charge in [-0.25, -0.2) is 0 Å². The van der Waals surface area contributed by atoms with E-state index in [0.29, 0.717) is 59.6 Å². The Balaban J connectivity index is 1.35. The molecule has 0 saturated heterocycles. The van der Waals surface area contributed by atoms with E-state index in [1.807, 2.05) is 23.6 Å². The number of carbonyl (C=O) groups is 1. The molecule has 3 aromatic rings. The first-order chi connectivity index (χ1) is 14.7. The van der Waals surface area contributed by atoms with Gasteiger partial charge in [-0.05, 0) is 36.8 Å². The van der Waals surface area contributed by atoms with Gasteiger partial charge >= 0.3 is 0 Å². The second-order valence-corrected chi connectivity index (χ2v) is 7.90. The number of furan rings is 1. The van der Waals surface area contributed by atoms with E-state index in [2.05, 4.69) is 15.5 Å². The third-order valence-electron chi connectivity index (χ3n) is 4.46. The number of aromatic nitrogens is 3. The Morgan fingerprint density at radius 3 is 2.97 bits per heavy atom. The van der Waals surface area contributed by atoms with Crippen LogP contribution in [0.25, 0.3) is 11.6 Å². The van der Waals surface area contributed by atoms with E-state index in [-0.39, 0.29) is 11.7 Å². The van der Waals surface area contributed by atoms with Gasteiger partial charge in [-0.2, -0.15) is 0 Å². The molecule has 1 aromatic carbocycles. The fraction of sp³-hybridized carbons (Fsp3) is 0.350. The SMILES string of the molecule is CCn1c(SCC(=O)NCc2cc(Cl)c3c(c2)OCCCO3)nnc1-c1ccco1. The van der Waals surface area contributed by atoms with E-state index in [4.69, 9.17) is 25.5 Å². The topological polar surface area (TPSA) is 91.4 Å². The van der Waals surface area contributed by atoms with Crippen LogP contribution in [-0.2, 0) is 17.9 Å². The summed E-state index contributed by atoms with van der Waals surface area (Å²) in [7, 11) is 0. The molecular formula is C20H21ClN4O4S. The molecule has 3 heterocycles. The number of nitrogens with zero attached hydrogens (tertiary/aromatic N) is 3. The minimum absolute atomic E-state index is 0.117. The summed E-state index contributed by atoms with van der Waals surface area (Å²) in [6.07, 6.45) is 2.40. The lowest BCUT2D eigenvalue weighted by Crippen LogP contribution is -2.24. The Labute approximate surface area is 182 Å². The molecule has 0 saturated carbocycles. The molecule has 8 nitrogen and oxygen atoms in total. The number of fused-ring (bicyclic) bond motifs is 1. The first-order valence-electron chi connectivity index (χ1n) is 9.60. The van der Waals surface area contributed by atoms with Crippen LogP contribution in [0.4, 0.5) is 0 Å². The summed E-state index contributed by atoms with van der Waals surface area (Å²) in [6.45, 7) is 4.16. The van der Waals surface area contributed by atoms with Crippen LogP contribution in [-0.4, -0.2) is 39.6 Å². The maximum atomic E-state index is 12.4. The van der Waals surface area contributed by atoms with E-state index in [9.17, 15) is 4.79 Å². The summed E-state index contributed by atoms with van der Waals surface area (Å²) < 4.78 is 18.6. The van der Waals surface area contributed by atoms with Crippen molar-refractivity contribution >= 4 is 29.3 Å². The van der Waals surface area contributed by atoms with Crippen molar-refractivity contribution in [3.05, 3.63) is 41.1 Å². The highest BCUT2D eigenvalue weighted by atomic mass is 35.5. The van der Waals surface area contributed by atoms with Crippen LogP contribution in [0.3, 0.4) is 0 Å². The average Bonchev–Trinajstić information content (AvgIpc) is 3.35. The van der Waals surface area contributed by atoms with Gasteiger partial charge in [-0.1, -0.05) is 23.4 Å². The van der Waals surface area contributed by atoms with Crippen molar-refractivity contribution in [2.24, 2.45) is 0 Å². The molecule has 0 unspecified atom stereocenters. The average molecular weight is 449 g/mol. The van der Waals surface area contributed by atoms with Gasteiger partial charge in [0, 0.05) is 19.5 Å². The van der Waals surface area contributed by atoms with Crippen LogP contribution in [0.15, 0.2) is 40.1 Å². The lowest BCUT2D eigenvalue weighted by atomic mass is 10.2. The molecule has 1 amide bonds. The van der Waals surface area contributed by atoms with Crippen molar-refractivity contribution in [2.45, 2.75) is 31.6 Å². The highest BCUT2D eigenvalue weighted by Gasteiger charge is 2.18. The van der Waals surface area contributed by atoms with Crippen molar-refractivity contribution in [3.8, 4) is 23.1 Å². The molecule has 0 atom stereocenters. The van der Waals surface area contributed by atoms with Crippen LogP contribution in [0.1, 0.15) is 18.9 Å². The predicted molar refractivity (Wildman–Crippen MR) is 113 cm³/mol. The number of amides is 1. The molecule has 0 fully saturated rings. The summed E-state index contributed by atoms with van der Waals surface area (Å²) in [5.74, 6) is 2.56. The van der Waals surface area contributed by atoms with Crippen molar-refractivity contribution in [3.63, 3.8) is 0 Å². The lowest BCUT2D eigenvalue weighted by molar-refractivity contribution is -0.118. The number of halogens is 1. The smallest absolute Gasteiger partial charge is 0.230 e. The predicted octanol–water partition coefficient (Wildman–Crippen LogP) is 3.78. The highest BCUT2D eigenvalue weighted by molar-refractivity contribution is 7.99. The molecule has 158 valence electrons. The van der Waals surface area contributed by atoms with Gasteiger partial charge in [-0.3, -0.25) is 9.36 Å². The second-order valence-electron chi connectivity index (χ2n) is 6.55. The molecule has 1 N–H and O–H groups in total. The fourth-order valence-electron chi connectivity index (χ4n) is 3.04. The summed E-state index contributed by atoms with van der Waals surface area (Å²) in [4.78, 5) is 12.4. The molecule has 1 aliphatic rings. The molecule has 30 heavy (non-hydrogen) atoms. The zero-order chi connectivity index (χ0) is 20.9. The van der Waals surface area contributed by atoms with Crippen molar-refractivity contribution in [1.29, 1.82) is 0 Å². The van der Waals surface area contributed by atoms with Crippen LogP contribution in [0.5, 0.6) is 11.5 Å². The number of carbonyl (C=O) groups excluding carboxylic acids is 1. The van der Waals surface area contributed by atoms with E-state index in [0.717, 1.165) is 12.0 Å². The minimum Gasteiger partial charge on any atom is -0.489 e. The maximum Gasteiger partial charge on any atom is 0.230 e. The Kier molecular flexibility index (Phi) is 6.49. The minimum atomic E-state index is -0.117. The van der Waals surface area contributed by atoms with Crippen LogP contribution in [0, 0.1) is 0 Å². The molecule has 0 aliphatic carbocycles. The third kappa shape index (κ3) is 4.57. The van der Waals surface area contributed by atoms with Gasteiger partial charge in [-0.15, -0.1) is 10.2 Å². The maximum absolute atomic E-state index is 12.4. The number of thioether (sulfide) groups is 1. The molecule has 0 spiro atoms. The molecule has 2 aromatic heterocycles. The molecule has 4 rings (SSSR count). The molecule has 10 heteroatoms. The van der Waals surface area contributed by atoms with Crippen molar-refractivity contribution < 1.29 is 18.7 Å². The van der Waals surface area contributed by atoms with Gasteiger partial charge in [0.1, 0.15) is 0 Å². The standard InChI is InChI=1S/C20H21ClN4O4S/c1-2-25-19(15-5-3-6-27-15)23-24-20(25)30-12-17(26)22-11-13-9-14(21)18-16(10-13)28-7-4-8-29-18/h3,5-6,9-10H,2,4,7-8,11-12H2,1H3,(H,22,26). The van der Waals surface area contributed by atoms with Gasteiger partial charge in [0.05, 0.1) is 30.3 Å². The Morgan fingerprint density at radius 2 is 2.17 bits per heavy atom. The third-order valence-corrected chi connectivity index (χ3v) is 5.71. The molecule has 1 aliphatic heterocycles. The number of nitrogens with one attached hydrogen (secondary N) is 1. The van der Waals surface area contributed by atoms with Crippen molar-refractivity contribution in [2.75, 3.05) is 19.0 Å². The Morgan fingerprint density at radius 1 is 1.30 bits per heavy atom. The summed E-state index contributed by atoms with van der Waals surface area (Å²) in [6, 6.07) is 7.27. The van der Waals surface area contributed by atoms with Crippen LogP contribution >= 0.6 is 23.4 Å². The summed E-state index contributed by atoms with van der Waals surface area (Å²) in [5, 5.41) is 12.4. The Bertz CT molecular complexity index is 1020. The number of hydrogen-bond donors (Lipinski definition) is 1. The first-order valence-corrected chi connectivity index (χ1v) is 11.0. The number of ether oxygens (including phenoxy) is 2. The van der Waals surface area contributed by atoms with Crippen LogP contribution in [0.2, 0.25) is 5.02 Å². The van der Waals surface area contributed by atoms with E-state index < -0.39 is 0 Å². The highest BCUT2D eigenvalue weighted by Crippen LogP contribution is 2.38. The van der Waals surface area contributed by atoms with E-state index in [1.165, 1.54) is 11.8 Å². The second kappa shape index (κ2) is 9.44. The number of rotatable bonds is 7. The molecular weight excluding hydrogens is 428 g/mol. The van der Waals surface area contributed by atoms with Gasteiger partial charge in [0.2, 0.25) is 5.91 Å². The summed E-state index contributed by atoms with van der Waals surface area (Å²) >= 11 is 7.63. The fourth-order valence-corrected chi connectivity index (χ4v) is 4.16. The van der Waals surface area contributed by atoms with Gasteiger partial charge in [0.25, 0.3) is 0 Å². The van der Waals surface area contributed by atoms with Gasteiger partial charge < -0.3 is 19.2 Å². The quantitative estimate of drug-likeness (QED) is 0.550. The molecule has 0 radical (unpaired) electrons. The van der Waals surface area contributed by atoms with Crippen LogP contribution < -0.4 is 14.8 Å². The first kappa shape index (κ1) is 20.6. The number of benzene rings is 1. The van der Waals surface area contributed by atoms with E-state index >= 15 is 0 Å². The number of hydrogen-bond acceptors (Lipinski definition) is 7. The normalized spacial score (nSPS) is 13.1. The monoisotopic (exact) mass is 448 g/mol. The lowest BCUT2D eigenvalue weighted by Gasteiger charge is -2.12. The van der Waals surface area contributed by atoms with Crippen molar-refractivity contribution in [1.82, 2.24) is 20.1 Å². The largest absolute Gasteiger partial charge is 0.489 e. The Hall–Kier alpha value is -2.65. The zero-order valence-electron chi connectivity index (χ0n) is 16.4. The van der Waals surface area contributed by atoms with Gasteiger partial charge in [0.15, 0.2) is 28.2 Å². The zero-order valence-corrected chi connectivity index (χ0v) is 18.0. The van der Waals surface area contributed by atoms with E-state index in [1.54, 1.807) is 18.4 Å².